The molecule has 0 saturated heterocycles. The zero-order valence-electron chi connectivity index (χ0n) is 38.4. The Bertz CT molecular complexity index is 862. The Morgan fingerprint density at radius 2 is 0.839 bits per heavy atom. The number of quaternary nitrogens is 1. The number of phosphoric acid groups is 1. The Balaban J connectivity index is 4.86. The van der Waals surface area contributed by atoms with Gasteiger partial charge in [-0.1, -0.05) is 219 Å². The molecule has 0 aliphatic carbocycles. The summed E-state index contributed by atoms with van der Waals surface area (Å²) in [7, 11) is 1.50. The fourth-order valence-corrected chi connectivity index (χ4v) is 8.46. The second-order valence-electron chi connectivity index (χ2n) is 18.3. The van der Waals surface area contributed by atoms with Gasteiger partial charge in [-0.3, -0.25) is 4.57 Å². The van der Waals surface area contributed by atoms with Crippen LogP contribution in [-0.4, -0.2) is 64.6 Å². The predicted molar refractivity (Wildman–Crippen MR) is 238 cm³/mol. The number of carbonyl (C=O) groups is 1. The smallest absolute Gasteiger partial charge is 0.407 e. The van der Waals surface area contributed by atoms with E-state index >= 15 is 0 Å². The first-order valence-electron chi connectivity index (χ1n) is 24.3. The number of nitrogens with one attached hydrogen (secondary N) is 1. The number of hydrogen-bond donors (Lipinski definition) is 1. The fraction of sp³-hybridized carbons (Fsp3) is 0.979. The van der Waals surface area contributed by atoms with Crippen LogP contribution in [-0.2, 0) is 18.3 Å². The van der Waals surface area contributed by atoms with Crippen molar-refractivity contribution in [3.05, 3.63) is 0 Å². The molecule has 9 heteroatoms. The van der Waals surface area contributed by atoms with Crippen LogP contribution in [0.5, 0.6) is 0 Å². The van der Waals surface area contributed by atoms with E-state index in [0.29, 0.717) is 17.6 Å². The number of alkyl carbamates (subject to hydrolysis) is 1. The van der Waals surface area contributed by atoms with Gasteiger partial charge in [0.15, 0.2) is 0 Å². The van der Waals surface area contributed by atoms with Crippen LogP contribution in [0.15, 0.2) is 0 Å². The maximum atomic E-state index is 12.9. The van der Waals surface area contributed by atoms with Gasteiger partial charge in [0.2, 0.25) is 0 Å². The lowest BCUT2D eigenvalue weighted by atomic mass is 9.79. The molecule has 0 fully saturated rings. The molecule has 1 amide bonds. The van der Waals surface area contributed by atoms with Crippen molar-refractivity contribution in [1.29, 1.82) is 0 Å². The molecule has 0 heterocycles. The van der Waals surface area contributed by atoms with Gasteiger partial charge in [0.25, 0.3) is 7.82 Å². The molecule has 1 atom stereocenters. The van der Waals surface area contributed by atoms with Gasteiger partial charge < -0.3 is 28.5 Å². The Labute approximate surface area is 349 Å². The minimum Gasteiger partial charge on any atom is -0.756 e. The van der Waals surface area contributed by atoms with E-state index in [1.54, 1.807) is 0 Å². The van der Waals surface area contributed by atoms with Crippen molar-refractivity contribution in [2.75, 3.05) is 54.1 Å². The number of rotatable bonds is 44. The molecule has 0 aromatic carbocycles. The molecule has 8 nitrogen and oxygen atoms in total. The van der Waals surface area contributed by atoms with Crippen LogP contribution >= 0.6 is 7.82 Å². The van der Waals surface area contributed by atoms with E-state index < -0.39 is 19.3 Å². The molecule has 0 aliphatic heterocycles. The molecular weight excluding hydrogens is 719 g/mol. The summed E-state index contributed by atoms with van der Waals surface area (Å²) in [6.07, 6.45) is 42.9. The standard InChI is InChI=1S/C47H97N2O6P/c1-7-10-12-14-16-18-20-22-24-26-28-30-32-34-36-38-40-47(44-53-46(50)48-9-3,45-55-56(51,52)54-43-42-49(4,5)6)41-39-37-35-33-31-29-27-25-23-21-19-17-15-13-11-8-2/h7-45H2,1-6H3,(H-,48,50,51,52). The van der Waals surface area contributed by atoms with Crippen LogP contribution in [0.2, 0.25) is 0 Å². The zero-order chi connectivity index (χ0) is 41.5. The number of nitrogens with zero attached hydrogens (tertiary/aromatic N) is 1. The van der Waals surface area contributed by atoms with Crippen molar-refractivity contribution in [2.24, 2.45) is 5.41 Å². The average molecular weight is 817 g/mol. The van der Waals surface area contributed by atoms with Gasteiger partial charge in [-0.15, -0.1) is 0 Å². The van der Waals surface area contributed by atoms with Crippen LogP contribution in [0.25, 0.3) is 0 Å². The molecule has 0 aromatic heterocycles. The zero-order valence-corrected chi connectivity index (χ0v) is 39.3. The lowest BCUT2D eigenvalue weighted by Gasteiger charge is -2.36. The Morgan fingerprint density at radius 1 is 0.518 bits per heavy atom. The summed E-state index contributed by atoms with van der Waals surface area (Å²) in [4.78, 5) is 25.4. The second-order valence-corrected chi connectivity index (χ2v) is 19.7. The summed E-state index contributed by atoms with van der Waals surface area (Å²) < 4.78 is 30.1. The van der Waals surface area contributed by atoms with E-state index in [1.807, 2.05) is 28.1 Å². The molecular formula is C47H97N2O6P. The van der Waals surface area contributed by atoms with Gasteiger partial charge in [-0.25, -0.2) is 4.79 Å². The number of unbranched alkanes of at least 4 members (excludes halogenated alkanes) is 30. The Hall–Kier alpha value is -0.660. The summed E-state index contributed by atoms with van der Waals surface area (Å²) in [5, 5.41) is 2.74. The monoisotopic (exact) mass is 817 g/mol. The van der Waals surface area contributed by atoms with Crippen molar-refractivity contribution in [3.63, 3.8) is 0 Å². The van der Waals surface area contributed by atoms with Crippen molar-refractivity contribution in [3.8, 4) is 0 Å². The van der Waals surface area contributed by atoms with Crippen LogP contribution in [0, 0.1) is 5.41 Å². The largest absolute Gasteiger partial charge is 0.756 e. The first kappa shape index (κ1) is 55.3. The van der Waals surface area contributed by atoms with Gasteiger partial charge in [0.1, 0.15) is 19.8 Å². The molecule has 56 heavy (non-hydrogen) atoms. The molecule has 0 aromatic rings. The highest BCUT2D eigenvalue weighted by Crippen LogP contribution is 2.43. The normalized spacial score (nSPS) is 13.3. The highest BCUT2D eigenvalue weighted by atomic mass is 31.2. The van der Waals surface area contributed by atoms with E-state index in [4.69, 9.17) is 13.8 Å². The first-order valence-corrected chi connectivity index (χ1v) is 25.8. The molecule has 0 saturated carbocycles. The van der Waals surface area contributed by atoms with Gasteiger partial charge >= 0.3 is 6.09 Å². The third kappa shape index (κ3) is 38.8. The van der Waals surface area contributed by atoms with Gasteiger partial charge in [0.05, 0.1) is 27.7 Å². The van der Waals surface area contributed by atoms with Gasteiger partial charge in [-0.05, 0) is 19.8 Å². The number of amides is 1. The Morgan fingerprint density at radius 3 is 1.14 bits per heavy atom. The van der Waals surface area contributed by atoms with Crippen LogP contribution < -0.4 is 10.2 Å². The topological polar surface area (TPSA) is 96.9 Å². The van der Waals surface area contributed by atoms with E-state index in [9.17, 15) is 14.3 Å². The number of likely N-dealkylation sites (N-methyl/N-ethyl adjacent to an activating group) is 1. The van der Waals surface area contributed by atoms with Crippen LogP contribution in [0.4, 0.5) is 4.79 Å². The summed E-state index contributed by atoms with van der Waals surface area (Å²) in [6.45, 7) is 7.67. The van der Waals surface area contributed by atoms with Crippen molar-refractivity contribution < 1.29 is 32.5 Å². The molecule has 0 aliphatic rings. The molecule has 0 rings (SSSR count). The summed E-state index contributed by atoms with van der Waals surface area (Å²) >= 11 is 0. The summed E-state index contributed by atoms with van der Waals surface area (Å²) in [5.41, 5.74) is -0.569. The van der Waals surface area contributed by atoms with E-state index in [0.717, 1.165) is 38.5 Å². The quantitative estimate of drug-likeness (QED) is 0.0374. The first-order chi connectivity index (χ1) is 27.0. The van der Waals surface area contributed by atoms with Crippen molar-refractivity contribution >= 4 is 13.9 Å². The second kappa shape index (κ2) is 38.5. The van der Waals surface area contributed by atoms with Crippen LogP contribution in [0.1, 0.15) is 239 Å². The molecule has 1 N–H and O–H groups in total. The number of carbonyl (C=O) groups excluding carboxylic acids is 1. The van der Waals surface area contributed by atoms with E-state index in [1.165, 1.54) is 180 Å². The van der Waals surface area contributed by atoms with Crippen LogP contribution in [0.3, 0.4) is 0 Å². The maximum Gasteiger partial charge on any atom is 0.407 e. The SMILES string of the molecule is CCCCCCCCCCCCCCCCCCC(CCCCCCCCCCCCCCCCCC)(COC(=O)NCC)COP(=O)([O-])OCC[N+](C)(C)C. The number of ether oxygens (including phenoxy) is 1. The van der Waals surface area contributed by atoms with Gasteiger partial charge in [0, 0.05) is 12.0 Å². The molecule has 0 radical (unpaired) electrons. The third-order valence-electron chi connectivity index (χ3n) is 11.5. The minimum atomic E-state index is -4.50. The summed E-state index contributed by atoms with van der Waals surface area (Å²) in [5.74, 6) is 0. The minimum absolute atomic E-state index is 0.0188. The molecule has 0 bridgehead atoms. The predicted octanol–water partition coefficient (Wildman–Crippen LogP) is 14.2. The van der Waals surface area contributed by atoms with Crippen molar-refractivity contribution in [1.82, 2.24) is 5.32 Å². The Kier molecular flexibility index (Phi) is 38.1. The molecule has 0 spiro atoms. The fourth-order valence-electron chi connectivity index (χ4n) is 7.65. The van der Waals surface area contributed by atoms with Crippen molar-refractivity contribution in [2.45, 2.75) is 239 Å². The van der Waals surface area contributed by atoms with Gasteiger partial charge in [-0.2, -0.15) is 0 Å². The molecule has 336 valence electrons. The lowest BCUT2D eigenvalue weighted by molar-refractivity contribution is -0.870. The maximum absolute atomic E-state index is 12.9. The third-order valence-corrected chi connectivity index (χ3v) is 12.4. The average Bonchev–Trinajstić information content (AvgIpc) is 3.15. The van der Waals surface area contributed by atoms with E-state index in [-0.39, 0.29) is 19.8 Å². The number of hydrogen-bond acceptors (Lipinski definition) is 6. The number of phosphoric ester groups is 1. The molecule has 1 unspecified atom stereocenters. The highest BCUT2D eigenvalue weighted by Gasteiger charge is 2.33. The summed E-state index contributed by atoms with van der Waals surface area (Å²) in [6, 6.07) is 0. The highest BCUT2D eigenvalue weighted by molar-refractivity contribution is 7.45. The van der Waals surface area contributed by atoms with E-state index in [2.05, 4.69) is 19.2 Å². The lowest BCUT2D eigenvalue weighted by Crippen LogP contribution is -2.38.